The maximum atomic E-state index is 13.8. The summed E-state index contributed by atoms with van der Waals surface area (Å²) in [5.41, 5.74) is 0.155. The molecular weight excluding hydrogens is 262 g/mol. The van der Waals surface area contributed by atoms with Gasteiger partial charge in [0.25, 0.3) is 0 Å². The van der Waals surface area contributed by atoms with Crippen LogP contribution in [0.5, 0.6) is 5.75 Å². The van der Waals surface area contributed by atoms with Crippen LogP contribution in [0.1, 0.15) is 28.4 Å². The van der Waals surface area contributed by atoms with E-state index >= 15 is 0 Å². The molecule has 0 spiro atoms. The van der Waals surface area contributed by atoms with Gasteiger partial charge in [0.1, 0.15) is 5.75 Å². The van der Waals surface area contributed by atoms with E-state index in [9.17, 15) is 13.6 Å². The zero-order valence-corrected chi connectivity index (χ0v) is 11.2. The third-order valence-electron chi connectivity index (χ3n) is 2.93. The Hall–Kier alpha value is -2.23. The standard InChI is InChI=1S/C16H14F2O2/c1-3-20-12-6-4-5-11(9-12)16(19)13-8-7-10(2)14(17)15(13)18/h4-9H,3H2,1-2H3. The molecule has 104 valence electrons. The van der Waals surface area contributed by atoms with Crippen LogP contribution in [-0.4, -0.2) is 12.4 Å². The quantitative estimate of drug-likeness (QED) is 0.792. The van der Waals surface area contributed by atoms with Crippen molar-refractivity contribution in [3.05, 3.63) is 64.7 Å². The van der Waals surface area contributed by atoms with Crippen molar-refractivity contribution in [2.75, 3.05) is 6.61 Å². The van der Waals surface area contributed by atoms with Crippen molar-refractivity contribution in [1.82, 2.24) is 0 Å². The van der Waals surface area contributed by atoms with Crippen LogP contribution >= 0.6 is 0 Å². The van der Waals surface area contributed by atoms with Crippen molar-refractivity contribution < 1.29 is 18.3 Å². The molecule has 0 heterocycles. The summed E-state index contributed by atoms with van der Waals surface area (Å²) in [6, 6.07) is 9.08. The third kappa shape index (κ3) is 2.69. The molecule has 2 aromatic carbocycles. The van der Waals surface area contributed by atoms with Crippen molar-refractivity contribution >= 4 is 5.78 Å². The highest BCUT2D eigenvalue weighted by Gasteiger charge is 2.18. The number of hydrogen-bond acceptors (Lipinski definition) is 2. The first kappa shape index (κ1) is 14.2. The van der Waals surface area contributed by atoms with Crippen molar-refractivity contribution in [2.24, 2.45) is 0 Å². The van der Waals surface area contributed by atoms with Gasteiger partial charge >= 0.3 is 0 Å². The van der Waals surface area contributed by atoms with Crippen molar-refractivity contribution in [2.45, 2.75) is 13.8 Å². The predicted molar refractivity (Wildman–Crippen MR) is 72.1 cm³/mol. The van der Waals surface area contributed by atoms with Crippen LogP contribution in [0.25, 0.3) is 0 Å². The molecule has 0 atom stereocenters. The fourth-order valence-electron chi connectivity index (χ4n) is 1.87. The van der Waals surface area contributed by atoms with Crippen LogP contribution in [0, 0.1) is 18.6 Å². The summed E-state index contributed by atoms with van der Waals surface area (Å²) in [5, 5.41) is 0. The summed E-state index contributed by atoms with van der Waals surface area (Å²) in [6.07, 6.45) is 0. The van der Waals surface area contributed by atoms with Gasteiger partial charge < -0.3 is 4.74 Å². The molecule has 2 nitrogen and oxygen atoms in total. The Morgan fingerprint density at radius 3 is 2.60 bits per heavy atom. The van der Waals surface area contributed by atoms with Crippen LogP contribution in [0.2, 0.25) is 0 Å². The molecule has 0 N–H and O–H groups in total. The molecule has 0 aliphatic rings. The van der Waals surface area contributed by atoms with Gasteiger partial charge in [0, 0.05) is 5.56 Å². The van der Waals surface area contributed by atoms with Crippen LogP contribution in [0.4, 0.5) is 8.78 Å². The number of ether oxygens (including phenoxy) is 1. The van der Waals surface area contributed by atoms with E-state index in [2.05, 4.69) is 0 Å². The fraction of sp³-hybridized carbons (Fsp3) is 0.188. The van der Waals surface area contributed by atoms with E-state index in [1.807, 2.05) is 6.92 Å². The second-order valence-corrected chi connectivity index (χ2v) is 4.35. The van der Waals surface area contributed by atoms with Gasteiger partial charge in [0.05, 0.1) is 12.2 Å². The average Bonchev–Trinajstić information content (AvgIpc) is 2.45. The largest absolute Gasteiger partial charge is 0.494 e. The molecular formula is C16H14F2O2. The summed E-state index contributed by atoms with van der Waals surface area (Å²) in [4.78, 5) is 12.2. The second-order valence-electron chi connectivity index (χ2n) is 4.35. The van der Waals surface area contributed by atoms with Crippen molar-refractivity contribution in [3.63, 3.8) is 0 Å². The molecule has 20 heavy (non-hydrogen) atoms. The van der Waals surface area contributed by atoms with Crippen LogP contribution in [-0.2, 0) is 0 Å². The van der Waals surface area contributed by atoms with Gasteiger partial charge in [-0.3, -0.25) is 4.79 Å². The predicted octanol–water partition coefficient (Wildman–Crippen LogP) is 3.90. The molecule has 0 radical (unpaired) electrons. The van der Waals surface area contributed by atoms with E-state index < -0.39 is 17.4 Å². The number of rotatable bonds is 4. The molecule has 0 saturated carbocycles. The zero-order chi connectivity index (χ0) is 14.7. The summed E-state index contributed by atoms with van der Waals surface area (Å²) in [6.45, 7) is 3.73. The highest BCUT2D eigenvalue weighted by atomic mass is 19.2. The van der Waals surface area contributed by atoms with E-state index in [0.717, 1.165) is 0 Å². The lowest BCUT2D eigenvalue weighted by molar-refractivity contribution is 0.103. The fourth-order valence-corrected chi connectivity index (χ4v) is 1.87. The molecule has 2 rings (SSSR count). The summed E-state index contributed by atoms with van der Waals surface area (Å²) in [5.74, 6) is -2.15. The van der Waals surface area contributed by atoms with Gasteiger partial charge in [-0.15, -0.1) is 0 Å². The molecule has 0 aliphatic heterocycles. The minimum Gasteiger partial charge on any atom is -0.494 e. The van der Waals surface area contributed by atoms with E-state index in [1.54, 1.807) is 18.2 Å². The van der Waals surface area contributed by atoms with Crippen molar-refractivity contribution in [1.29, 1.82) is 0 Å². The number of aryl methyl sites for hydroxylation is 1. The Morgan fingerprint density at radius 2 is 1.90 bits per heavy atom. The second kappa shape index (κ2) is 5.82. The van der Waals surface area contributed by atoms with E-state index in [-0.39, 0.29) is 16.7 Å². The topological polar surface area (TPSA) is 26.3 Å². The number of carbonyl (C=O) groups excluding carboxylic acids is 1. The zero-order valence-electron chi connectivity index (χ0n) is 11.2. The maximum Gasteiger partial charge on any atom is 0.196 e. The van der Waals surface area contributed by atoms with Gasteiger partial charge in [-0.1, -0.05) is 18.2 Å². The number of benzene rings is 2. The lowest BCUT2D eigenvalue weighted by Gasteiger charge is -2.07. The lowest BCUT2D eigenvalue weighted by atomic mass is 10.0. The molecule has 0 aliphatic carbocycles. The Kier molecular flexibility index (Phi) is 4.13. The third-order valence-corrected chi connectivity index (χ3v) is 2.93. The highest BCUT2D eigenvalue weighted by molar-refractivity contribution is 6.09. The maximum absolute atomic E-state index is 13.8. The van der Waals surface area contributed by atoms with Gasteiger partial charge in [-0.05, 0) is 37.6 Å². The Morgan fingerprint density at radius 1 is 1.15 bits per heavy atom. The minimum absolute atomic E-state index is 0.169. The first-order valence-corrected chi connectivity index (χ1v) is 6.26. The van der Waals surface area contributed by atoms with E-state index in [1.165, 1.54) is 25.1 Å². The molecule has 0 bridgehead atoms. The number of hydrogen-bond donors (Lipinski definition) is 0. The Labute approximate surface area is 116 Å². The first-order valence-electron chi connectivity index (χ1n) is 6.26. The van der Waals surface area contributed by atoms with Gasteiger partial charge in [0.15, 0.2) is 17.4 Å². The lowest BCUT2D eigenvalue weighted by Crippen LogP contribution is -2.07. The van der Waals surface area contributed by atoms with E-state index in [0.29, 0.717) is 12.4 Å². The van der Waals surface area contributed by atoms with Gasteiger partial charge in [-0.2, -0.15) is 0 Å². The molecule has 0 aromatic heterocycles. The van der Waals surface area contributed by atoms with Gasteiger partial charge in [0.2, 0.25) is 0 Å². The van der Waals surface area contributed by atoms with Crippen LogP contribution < -0.4 is 4.74 Å². The number of halogens is 2. The number of ketones is 1. The van der Waals surface area contributed by atoms with Crippen LogP contribution in [0.15, 0.2) is 36.4 Å². The smallest absolute Gasteiger partial charge is 0.196 e. The molecule has 2 aromatic rings. The summed E-state index contributed by atoms with van der Waals surface area (Å²) < 4.78 is 32.6. The molecule has 0 fully saturated rings. The highest BCUT2D eigenvalue weighted by Crippen LogP contribution is 2.21. The average molecular weight is 276 g/mol. The van der Waals surface area contributed by atoms with Crippen molar-refractivity contribution in [3.8, 4) is 5.75 Å². The normalized spacial score (nSPS) is 10.4. The Balaban J connectivity index is 2.41. The first-order chi connectivity index (χ1) is 9.54. The molecule has 0 unspecified atom stereocenters. The summed E-state index contributed by atoms with van der Waals surface area (Å²) in [7, 11) is 0. The van der Waals surface area contributed by atoms with Gasteiger partial charge in [-0.25, -0.2) is 8.78 Å². The minimum atomic E-state index is -1.11. The van der Waals surface area contributed by atoms with E-state index in [4.69, 9.17) is 4.74 Å². The van der Waals surface area contributed by atoms with Crippen LogP contribution in [0.3, 0.4) is 0 Å². The molecule has 4 heteroatoms. The summed E-state index contributed by atoms with van der Waals surface area (Å²) >= 11 is 0. The molecule has 0 amide bonds. The number of carbonyl (C=O) groups is 1. The molecule has 0 saturated heterocycles. The monoisotopic (exact) mass is 276 g/mol. The SMILES string of the molecule is CCOc1cccc(C(=O)c2ccc(C)c(F)c2F)c1. The Bertz CT molecular complexity index is 651.